The minimum Gasteiger partial charge on any atom is -0.493 e. The Bertz CT molecular complexity index is 1270. The fraction of sp³-hybridized carbons (Fsp3) is 0.379. The van der Waals surface area contributed by atoms with Crippen LogP contribution in [0.4, 0.5) is 0 Å². The van der Waals surface area contributed by atoms with Gasteiger partial charge in [-0.1, -0.05) is 37.3 Å². The number of ether oxygens (including phenoxy) is 3. The Kier molecular flexibility index (Phi) is 7.01. The lowest BCUT2D eigenvalue weighted by Gasteiger charge is -2.23. The maximum atomic E-state index is 13.0. The summed E-state index contributed by atoms with van der Waals surface area (Å²) in [5.74, 6) is 0.675. The molecule has 1 unspecified atom stereocenters. The van der Waals surface area contributed by atoms with Crippen molar-refractivity contribution in [2.45, 2.75) is 65.2 Å². The molecular formula is C29H33NO5. The number of nitrogens with zero attached hydrogens (tertiary/aromatic N) is 1. The topological polar surface area (TPSA) is 66.8 Å². The number of aromatic nitrogens is 1. The van der Waals surface area contributed by atoms with Crippen LogP contribution in [0, 0.1) is 0 Å². The van der Waals surface area contributed by atoms with E-state index in [0.29, 0.717) is 18.1 Å². The fourth-order valence-electron chi connectivity index (χ4n) is 4.47. The molecule has 6 nitrogen and oxygen atoms in total. The highest BCUT2D eigenvalue weighted by atomic mass is 16.6. The van der Waals surface area contributed by atoms with Gasteiger partial charge < -0.3 is 18.8 Å². The normalized spacial score (nSPS) is 14.9. The molecule has 184 valence electrons. The predicted octanol–water partition coefficient (Wildman–Crippen LogP) is 5.96. The van der Waals surface area contributed by atoms with E-state index in [1.807, 2.05) is 42.5 Å². The lowest BCUT2D eigenvalue weighted by atomic mass is 9.99. The van der Waals surface area contributed by atoms with Crippen molar-refractivity contribution in [3.63, 3.8) is 0 Å². The molecule has 0 aliphatic carbocycles. The maximum absolute atomic E-state index is 13.0. The van der Waals surface area contributed by atoms with Crippen LogP contribution in [0.5, 0.6) is 11.5 Å². The van der Waals surface area contributed by atoms with Gasteiger partial charge in [0.15, 0.2) is 16.9 Å². The average Bonchev–Trinajstić information content (AvgIpc) is 2.97. The van der Waals surface area contributed by atoms with E-state index < -0.39 is 11.6 Å². The molecule has 35 heavy (non-hydrogen) atoms. The molecule has 0 radical (unpaired) electrons. The fourth-order valence-corrected chi connectivity index (χ4v) is 4.47. The SMILES string of the molecule is CCC1CCc2cc(OCc3ccccc3)c(OC)cc2-c2cc(=O)c(C(=O)OC(C)(C)C)cn21. The standard InChI is InChI=1S/C29H33NO5/c1-6-21-13-12-20-14-27(34-18-19-10-8-7-9-11-19)26(33-5)15-22(20)24-16-25(31)23(17-30(21)24)28(32)35-29(2,3)4/h7-11,14-17,21H,6,12-13,18H2,1-5H3. The van der Waals surface area contributed by atoms with E-state index in [-0.39, 0.29) is 17.0 Å². The third kappa shape index (κ3) is 5.42. The number of hydrogen-bond acceptors (Lipinski definition) is 5. The summed E-state index contributed by atoms with van der Waals surface area (Å²) in [5, 5.41) is 0. The third-order valence-electron chi connectivity index (χ3n) is 6.21. The number of carbonyl (C=O) groups excluding carboxylic acids is 1. The van der Waals surface area contributed by atoms with Crippen LogP contribution in [0.25, 0.3) is 11.3 Å². The first-order valence-corrected chi connectivity index (χ1v) is 12.1. The molecule has 6 heteroatoms. The van der Waals surface area contributed by atoms with Gasteiger partial charge in [-0.15, -0.1) is 0 Å². The molecule has 1 aromatic heterocycles. The second-order valence-electron chi connectivity index (χ2n) is 9.88. The zero-order valence-electron chi connectivity index (χ0n) is 21.1. The number of pyridine rings is 1. The van der Waals surface area contributed by atoms with Crippen LogP contribution in [0.2, 0.25) is 0 Å². The van der Waals surface area contributed by atoms with E-state index in [1.165, 1.54) is 0 Å². The van der Waals surface area contributed by atoms with Crippen LogP contribution in [0.15, 0.2) is 59.5 Å². The summed E-state index contributed by atoms with van der Waals surface area (Å²) < 4.78 is 19.3. The second kappa shape index (κ2) is 9.98. The average molecular weight is 476 g/mol. The number of hydrogen-bond donors (Lipinski definition) is 0. The third-order valence-corrected chi connectivity index (χ3v) is 6.21. The van der Waals surface area contributed by atoms with Gasteiger partial charge in [-0.05, 0) is 63.3 Å². The molecule has 0 N–H and O–H groups in total. The van der Waals surface area contributed by atoms with Crippen LogP contribution in [-0.2, 0) is 17.8 Å². The molecule has 0 amide bonds. The van der Waals surface area contributed by atoms with Gasteiger partial charge in [-0.2, -0.15) is 0 Å². The number of aryl methyl sites for hydroxylation is 1. The minimum absolute atomic E-state index is 0.0559. The van der Waals surface area contributed by atoms with Gasteiger partial charge in [0, 0.05) is 23.9 Å². The Morgan fingerprint density at radius 2 is 1.83 bits per heavy atom. The molecule has 1 aliphatic heterocycles. The van der Waals surface area contributed by atoms with E-state index in [2.05, 4.69) is 11.5 Å². The van der Waals surface area contributed by atoms with Gasteiger partial charge >= 0.3 is 5.97 Å². The van der Waals surface area contributed by atoms with Crippen LogP contribution < -0.4 is 14.9 Å². The molecule has 0 fully saturated rings. The molecule has 2 heterocycles. The number of fused-ring (bicyclic) bond motifs is 3. The summed E-state index contributed by atoms with van der Waals surface area (Å²) in [6.45, 7) is 7.93. The van der Waals surface area contributed by atoms with Crippen molar-refractivity contribution in [3.05, 3.63) is 81.6 Å². The molecular weight excluding hydrogens is 442 g/mol. The Hall–Kier alpha value is -3.54. The van der Waals surface area contributed by atoms with Gasteiger partial charge in [0.2, 0.25) is 0 Å². The van der Waals surface area contributed by atoms with Gasteiger partial charge in [0.25, 0.3) is 0 Å². The number of carbonyl (C=O) groups is 1. The van der Waals surface area contributed by atoms with Crippen molar-refractivity contribution in [2.75, 3.05) is 7.11 Å². The summed E-state index contributed by atoms with van der Waals surface area (Å²) in [7, 11) is 1.61. The molecule has 0 bridgehead atoms. The van der Waals surface area contributed by atoms with E-state index in [1.54, 1.807) is 40.1 Å². The van der Waals surface area contributed by atoms with E-state index in [9.17, 15) is 9.59 Å². The number of benzene rings is 2. The van der Waals surface area contributed by atoms with Crippen molar-refractivity contribution in [3.8, 4) is 22.8 Å². The van der Waals surface area contributed by atoms with E-state index >= 15 is 0 Å². The quantitative estimate of drug-likeness (QED) is 0.412. The summed E-state index contributed by atoms with van der Waals surface area (Å²) in [4.78, 5) is 25.8. The van der Waals surface area contributed by atoms with Crippen molar-refractivity contribution >= 4 is 5.97 Å². The van der Waals surface area contributed by atoms with Crippen molar-refractivity contribution in [2.24, 2.45) is 0 Å². The Morgan fingerprint density at radius 3 is 2.49 bits per heavy atom. The summed E-state index contributed by atoms with van der Waals surface area (Å²) in [6, 6.07) is 15.6. The lowest BCUT2D eigenvalue weighted by molar-refractivity contribution is 0.00670. The zero-order valence-corrected chi connectivity index (χ0v) is 21.1. The maximum Gasteiger partial charge on any atom is 0.344 e. The molecule has 0 spiro atoms. The van der Waals surface area contributed by atoms with Crippen LogP contribution in [-0.4, -0.2) is 23.2 Å². The van der Waals surface area contributed by atoms with Crippen molar-refractivity contribution in [1.82, 2.24) is 4.57 Å². The highest BCUT2D eigenvalue weighted by Gasteiger charge is 2.27. The smallest absolute Gasteiger partial charge is 0.344 e. The van der Waals surface area contributed by atoms with Gasteiger partial charge in [-0.25, -0.2) is 4.79 Å². The highest BCUT2D eigenvalue weighted by molar-refractivity contribution is 5.90. The van der Waals surface area contributed by atoms with Crippen LogP contribution in [0.1, 0.15) is 68.1 Å². The van der Waals surface area contributed by atoms with Gasteiger partial charge in [0.1, 0.15) is 17.8 Å². The summed E-state index contributed by atoms with van der Waals surface area (Å²) in [6.07, 6.45) is 4.22. The number of methoxy groups -OCH3 is 1. The van der Waals surface area contributed by atoms with Gasteiger partial charge in [-0.3, -0.25) is 4.79 Å². The molecule has 2 aromatic carbocycles. The zero-order chi connectivity index (χ0) is 25.2. The first-order chi connectivity index (χ1) is 16.7. The molecule has 4 rings (SSSR count). The van der Waals surface area contributed by atoms with Gasteiger partial charge in [0.05, 0.1) is 12.8 Å². The number of rotatable bonds is 6. The number of esters is 1. The second-order valence-corrected chi connectivity index (χ2v) is 9.88. The summed E-state index contributed by atoms with van der Waals surface area (Å²) in [5.41, 5.74) is 2.87. The van der Waals surface area contributed by atoms with Crippen LogP contribution >= 0.6 is 0 Å². The monoisotopic (exact) mass is 475 g/mol. The molecule has 0 saturated carbocycles. The predicted molar refractivity (Wildman–Crippen MR) is 136 cm³/mol. The minimum atomic E-state index is -0.679. The van der Waals surface area contributed by atoms with Crippen molar-refractivity contribution < 1.29 is 19.0 Å². The Balaban J connectivity index is 1.77. The molecule has 3 aromatic rings. The van der Waals surface area contributed by atoms with Crippen LogP contribution in [0.3, 0.4) is 0 Å². The highest BCUT2D eigenvalue weighted by Crippen LogP contribution is 2.40. The Morgan fingerprint density at radius 1 is 1.09 bits per heavy atom. The van der Waals surface area contributed by atoms with E-state index in [0.717, 1.165) is 41.6 Å². The largest absolute Gasteiger partial charge is 0.493 e. The lowest BCUT2D eigenvalue weighted by Crippen LogP contribution is -2.28. The first-order valence-electron chi connectivity index (χ1n) is 12.1. The van der Waals surface area contributed by atoms with E-state index in [4.69, 9.17) is 14.2 Å². The molecule has 1 atom stereocenters. The molecule has 1 aliphatic rings. The first kappa shape index (κ1) is 24.6. The molecule has 0 saturated heterocycles. The van der Waals surface area contributed by atoms with Crippen molar-refractivity contribution in [1.29, 1.82) is 0 Å². The summed E-state index contributed by atoms with van der Waals surface area (Å²) >= 11 is 0. The Labute approximate surface area is 206 Å².